The van der Waals surface area contributed by atoms with Crippen LogP contribution in [0.2, 0.25) is 0 Å². The van der Waals surface area contributed by atoms with Gasteiger partial charge < -0.3 is 9.67 Å². The molecule has 0 unspecified atom stereocenters. The Morgan fingerprint density at radius 3 is 2.85 bits per heavy atom. The van der Waals surface area contributed by atoms with Crippen LogP contribution in [0.5, 0.6) is 0 Å². The van der Waals surface area contributed by atoms with Crippen LogP contribution < -0.4 is 0 Å². The van der Waals surface area contributed by atoms with Crippen molar-refractivity contribution >= 4 is 10.9 Å². The lowest BCUT2D eigenvalue weighted by atomic mass is 10.1. The fraction of sp³-hybridized carbons (Fsp3) is 0.133. The molecule has 3 aromatic rings. The van der Waals surface area contributed by atoms with Crippen molar-refractivity contribution in [2.75, 3.05) is 0 Å². The molecule has 2 heterocycles. The maximum absolute atomic E-state index is 9.54. The van der Waals surface area contributed by atoms with Gasteiger partial charge in [0.15, 0.2) is 0 Å². The Morgan fingerprint density at radius 1 is 1.35 bits per heavy atom. The summed E-state index contributed by atoms with van der Waals surface area (Å²) in [6.45, 7) is -0.0736. The van der Waals surface area contributed by atoms with Gasteiger partial charge in [0.05, 0.1) is 47.7 Å². The Kier molecular flexibility index (Phi) is 2.93. The van der Waals surface area contributed by atoms with E-state index >= 15 is 0 Å². The largest absolute Gasteiger partial charge is 0.392 e. The highest BCUT2D eigenvalue weighted by Gasteiger charge is 2.10. The third-order valence-electron chi connectivity index (χ3n) is 3.27. The second-order valence-corrected chi connectivity index (χ2v) is 4.56. The number of nitrogens with zero attached hydrogens (tertiary/aromatic N) is 4. The van der Waals surface area contributed by atoms with Gasteiger partial charge in [0.25, 0.3) is 0 Å². The number of rotatable bonds is 2. The molecular formula is C15H12N4O. The maximum Gasteiger partial charge on any atom is 0.0992 e. The summed E-state index contributed by atoms with van der Waals surface area (Å²) in [6, 6.07) is 9.23. The number of fused-ring (bicyclic) bond motifs is 1. The maximum atomic E-state index is 9.54. The predicted molar refractivity (Wildman–Crippen MR) is 74.6 cm³/mol. The molecule has 0 saturated heterocycles. The number of aliphatic hydroxyl groups is 1. The molecular weight excluding hydrogens is 252 g/mol. The van der Waals surface area contributed by atoms with Crippen LogP contribution in [0.3, 0.4) is 0 Å². The summed E-state index contributed by atoms with van der Waals surface area (Å²) in [5, 5.41) is 19.4. The molecule has 5 heteroatoms. The van der Waals surface area contributed by atoms with Gasteiger partial charge in [-0.2, -0.15) is 5.26 Å². The molecule has 0 aliphatic heterocycles. The van der Waals surface area contributed by atoms with Crippen molar-refractivity contribution in [1.29, 1.82) is 5.26 Å². The average Bonchev–Trinajstić information content (AvgIpc) is 2.91. The fourth-order valence-corrected chi connectivity index (χ4v) is 2.24. The van der Waals surface area contributed by atoms with E-state index in [0.29, 0.717) is 11.1 Å². The predicted octanol–water partition coefficient (Wildman–Crippen LogP) is 2.00. The van der Waals surface area contributed by atoms with Crippen LogP contribution in [0, 0.1) is 11.3 Å². The first kappa shape index (κ1) is 12.3. The summed E-state index contributed by atoms with van der Waals surface area (Å²) < 4.78 is 1.86. The van der Waals surface area contributed by atoms with Crippen LogP contribution in [-0.4, -0.2) is 19.6 Å². The fourth-order valence-electron chi connectivity index (χ4n) is 2.24. The van der Waals surface area contributed by atoms with Gasteiger partial charge in [-0.25, -0.2) is 9.97 Å². The van der Waals surface area contributed by atoms with E-state index in [-0.39, 0.29) is 6.61 Å². The van der Waals surface area contributed by atoms with Crippen LogP contribution in [-0.2, 0) is 13.7 Å². The molecule has 3 rings (SSSR count). The molecule has 1 aromatic carbocycles. The summed E-state index contributed by atoms with van der Waals surface area (Å²) in [5.41, 5.74) is 3.64. The molecule has 2 aromatic heterocycles. The highest BCUT2D eigenvalue weighted by Crippen LogP contribution is 2.25. The van der Waals surface area contributed by atoms with Crippen molar-refractivity contribution in [2.45, 2.75) is 6.61 Å². The zero-order chi connectivity index (χ0) is 14.1. The second kappa shape index (κ2) is 4.76. The number of aliphatic hydroxyl groups excluding tert-OH is 1. The van der Waals surface area contributed by atoms with Crippen molar-refractivity contribution in [3.63, 3.8) is 0 Å². The molecule has 98 valence electrons. The molecule has 0 fully saturated rings. The molecule has 0 atom stereocenters. The van der Waals surface area contributed by atoms with Gasteiger partial charge in [0, 0.05) is 12.4 Å². The van der Waals surface area contributed by atoms with Crippen LogP contribution in [0.1, 0.15) is 11.1 Å². The first-order valence-electron chi connectivity index (χ1n) is 6.14. The third kappa shape index (κ3) is 1.92. The van der Waals surface area contributed by atoms with Gasteiger partial charge in [-0.1, -0.05) is 6.07 Å². The molecule has 0 aliphatic rings. The standard InChI is InChI=1S/C15H12N4O/c1-19-9-17-7-15(19)14-5-11(8-20)12-3-2-10(6-16)4-13(12)18-14/h2-5,7,9,20H,8H2,1H3. The van der Waals surface area contributed by atoms with Gasteiger partial charge in [-0.15, -0.1) is 0 Å². The van der Waals surface area contributed by atoms with Crippen molar-refractivity contribution < 1.29 is 5.11 Å². The van der Waals surface area contributed by atoms with E-state index in [9.17, 15) is 5.11 Å². The van der Waals surface area contributed by atoms with Crippen molar-refractivity contribution in [1.82, 2.24) is 14.5 Å². The highest BCUT2D eigenvalue weighted by molar-refractivity contribution is 5.85. The van der Waals surface area contributed by atoms with Gasteiger partial charge in [0.2, 0.25) is 0 Å². The van der Waals surface area contributed by atoms with Crippen LogP contribution in [0.4, 0.5) is 0 Å². The third-order valence-corrected chi connectivity index (χ3v) is 3.27. The molecule has 0 amide bonds. The minimum Gasteiger partial charge on any atom is -0.392 e. The van der Waals surface area contributed by atoms with Crippen LogP contribution in [0.15, 0.2) is 36.8 Å². The molecule has 20 heavy (non-hydrogen) atoms. The number of pyridine rings is 1. The van der Waals surface area contributed by atoms with E-state index in [1.807, 2.05) is 23.7 Å². The Labute approximate surface area is 115 Å². The van der Waals surface area contributed by atoms with E-state index in [2.05, 4.69) is 16.0 Å². The first-order chi connectivity index (χ1) is 9.72. The van der Waals surface area contributed by atoms with Gasteiger partial charge >= 0.3 is 0 Å². The van der Waals surface area contributed by atoms with Crippen LogP contribution in [0.25, 0.3) is 22.3 Å². The van der Waals surface area contributed by atoms with E-state index in [4.69, 9.17) is 5.26 Å². The zero-order valence-electron chi connectivity index (χ0n) is 10.9. The molecule has 0 spiro atoms. The topological polar surface area (TPSA) is 74.7 Å². The second-order valence-electron chi connectivity index (χ2n) is 4.56. The number of aryl methyl sites for hydroxylation is 1. The lowest BCUT2D eigenvalue weighted by Crippen LogP contribution is -1.96. The molecule has 0 radical (unpaired) electrons. The van der Waals surface area contributed by atoms with Gasteiger partial charge in [-0.05, 0) is 23.8 Å². The number of aromatic nitrogens is 3. The van der Waals surface area contributed by atoms with Crippen molar-refractivity contribution in [2.24, 2.45) is 7.05 Å². The molecule has 5 nitrogen and oxygen atoms in total. The SMILES string of the molecule is Cn1cncc1-c1cc(CO)c2ccc(C#N)cc2n1. The number of hydrogen-bond acceptors (Lipinski definition) is 4. The Bertz CT molecular complexity index is 829. The smallest absolute Gasteiger partial charge is 0.0992 e. The van der Waals surface area contributed by atoms with Crippen molar-refractivity contribution in [3.8, 4) is 17.5 Å². The van der Waals surface area contributed by atoms with Gasteiger partial charge in [-0.3, -0.25) is 0 Å². The Morgan fingerprint density at radius 2 is 2.20 bits per heavy atom. The van der Waals surface area contributed by atoms with E-state index < -0.39 is 0 Å². The normalized spacial score (nSPS) is 10.7. The monoisotopic (exact) mass is 264 g/mol. The van der Waals surface area contributed by atoms with E-state index in [1.165, 1.54) is 0 Å². The van der Waals surface area contributed by atoms with E-state index in [1.54, 1.807) is 24.7 Å². The summed E-state index contributed by atoms with van der Waals surface area (Å²) in [5.74, 6) is 0. The minimum absolute atomic E-state index is 0.0736. The van der Waals surface area contributed by atoms with Crippen molar-refractivity contribution in [3.05, 3.63) is 47.9 Å². The summed E-state index contributed by atoms with van der Waals surface area (Å²) >= 11 is 0. The Hall–Kier alpha value is -2.71. The molecule has 0 saturated carbocycles. The lowest BCUT2D eigenvalue weighted by Gasteiger charge is -2.08. The summed E-state index contributed by atoms with van der Waals surface area (Å²) in [6.07, 6.45) is 3.43. The molecule has 0 bridgehead atoms. The van der Waals surface area contributed by atoms with Crippen LogP contribution >= 0.6 is 0 Å². The Balaban J connectivity index is 2.30. The van der Waals surface area contributed by atoms with E-state index in [0.717, 1.165) is 22.3 Å². The quantitative estimate of drug-likeness (QED) is 0.768. The molecule has 1 N–H and O–H groups in total. The number of hydrogen-bond donors (Lipinski definition) is 1. The first-order valence-corrected chi connectivity index (χ1v) is 6.14. The van der Waals surface area contributed by atoms with Gasteiger partial charge in [0.1, 0.15) is 0 Å². The minimum atomic E-state index is -0.0736. The highest BCUT2D eigenvalue weighted by atomic mass is 16.3. The number of imidazole rings is 1. The lowest BCUT2D eigenvalue weighted by molar-refractivity contribution is 0.283. The number of benzene rings is 1. The zero-order valence-corrected chi connectivity index (χ0v) is 10.9. The molecule has 0 aliphatic carbocycles. The summed E-state index contributed by atoms with van der Waals surface area (Å²) in [7, 11) is 1.89. The average molecular weight is 264 g/mol. The number of nitriles is 1. The summed E-state index contributed by atoms with van der Waals surface area (Å²) in [4.78, 5) is 8.65.